The SMILES string of the molecule is CCC[C@]1(C2CCN(Cc3ccc(OC)c(OC)c3)CC2)NC(=O)N(C[C@H]2CCCO2)C1=O. The second-order valence-electron chi connectivity index (χ2n) is 9.44. The van der Waals surface area contributed by atoms with Crippen LogP contribution in [0.1, 0.15) is 51.0 Å². The molecule has 0 spiro atoms. The molecule has 3 saturated heterocycles. The van der Waals surface area contributed by atoms with Crippen molar-refractivity contribution in [2.75, 3.05) is 40.5 Å². The lowest BCUT2D eigenvalue weighted by Gasteiger charge is -2.41. The third-order valence-corrected chi connectivity index (χ3v) is 7.40. The minimum atomic E-state index is -0.778. The van der Waals surface area contributed by atoms with Gasteiger partial charge in [0.05, 0.1) is 26.9 Å². The Morgan fingerprint density at radius 3 is 2.52 bits per heavy atom. The molecule has 8 nitrogen and oxygen atoms in total. The van der Waals surface area contributed by atoms with Crippen LogP contribution in [0, 0.1) is 5.92 Å². The number of carbonyl (C=O) groups excluding carboxylic acids is 2. The highest BCUT2D eigenvalue weighted by atomic mass is 16.5. The first-order valence-electron chi connectivity index (χ1n) is 12.2. The first-order valence-corrected chi connectivity index (χ1v) is 12.2. The van der Waals surface area contributed by atoms with Crippen LogP contribution in [0.2, 0.25) is 0 Å². The monoisotopic (exact) mass is 459 g/mol. The maximum atomic E-state index is 13.6. The van der Waals surface area contributed by atoms with E-state index in [4.69, 9.17) is 14.2 Å². The summed E-state index contributed by atoms with van der Waals surface area (Å²) in [6, 6.07) is 5.77. The van der Waals surface area contributed by atoms with Crippen molar-refractivity contribution in [3.8, 4) is 11.5 Å². The minimum absolute atomic E-state index is 0.0274. The van der Waals surface area contributed by atoms with Crippen LogP contribution in [0.5, 0.6) is 11.5 Å². The number of likely N-dealkylation sites (tertiary alicyclic amines) is 1. The Hall–Kier alpha value is -2.32. The molecular weight excluding hydrogens is 422 g/mol. The number of nitrogens with one attached hydrogen (secondary N) is 1. The van der Waals surface area contributed by atoms with Gasteiger partial charge in [0.1, 0.15) is 5.54 Å². The summed E-state index contributed by atoms with van der Waals surface area (Å²) < 4.78 is 16.5. The maximum absolute atomic E-state index is 13.6. The molecule has 0 bridgehead atoms. The number of hydrogen-bond donors (Lipinski definition) is 1. The average Bonchev–Trinajstić information content (AvgIpc) is 3.43. The molecule has 1 N–H and O–H groups in total. The van der Waals surface area contributed by atoms with Crippen LogP contribution in [0.25, 0.3) is 0 Å². The zero-order chi connectivity index (χ0) is 23.4. The molecule has 0 aliphatic carbocycles. The predicted molar refractivity (Wildman–Crippen MR) is 124 cm³/mol. The largest absolute Gasteiger partial charge is 0.493 e. The zero-order valence-electron chi connectivity index (χ0n) is 20.1. The lowest BCUT2D eigenvalue weighted by molar-refractivity contribution is -0.135. The third-order valence-electron chi connectivity index (χ3n) is 7.40. The smallest absolute Gasteiger partial charge is 0.325 e. The number of ether oxygens (including phenoxy) is 3. The van der Waals surface area contributed by atoms with E-state index in [1.165, 1.54) is 10.5 Å². The van der Waals surface area contributed by atoms with E-state index in [0.29, 0.717) is 19.6 Å². The van der Waals surface area contributed by atoms with Gasteiger partial charge in [-0.3, -0.25) is 14.6 Å². The number of rotatable bonds is 9. The van der Waals surface area contributed by atoms with Crippen LogP contribution in [0.15, 0.2) is 18.2 Å². The highest BCUT2D eigenvalue weighted by Gasteiger charge is 2.55. The molecule has 3 aliphatic heterocycles. The zero-order valence-corrected chi connectivity index (χ0v) is 20.1. The molecule has 3 fully saturated rings. The predicted octanol–water partition coefficient (Wildman–Crippen LogP) is 3.19. The van der Waals surface area contributed by atoms with Crippen molar-refractivity contribution >= 4 is 11.9 Å². The number of benzene rings is 1. The van der Waals surface area contributed by atoms with Crippen molar-refractivity contribution in [1.82, 2.24) is 15.1 Å². The summed E-state index contributed by atoms with van der Waals surface area (Å²) in [5.74, 6) is 1.55. The molecule has 8 heteroatoms. The molecule has 0 unspecified atom stereocenters. The van der Waals surface area contributed by atoms with Gasteiger partial charge in [-0.1, -0.05) is 19.4 Å². The van der Waals surface area contributed by atoms with Crippen molar-refractivity contribution in [3.05, 3.63) is 23.8 Å². The number of piperidine rings is 1. The van der Waals surface area contributed by atoms with Gasteiger partial charge in [0.25, 0.3) is 5.91 Å². The highest BCUT2D eigenvalue weighted by Crippen LogP contribution is 2.38. The van der Waals surface area contributed by atoms with Crippen LogP contribution in [-0.2, 0) is 16.1 Å². The summed E-state index contributed by atoms with van der Waals surface area (Å²) in [5.41, 5.74) is 0.391. The lowest BCUT2D eigenvalue weighted by Crippen LogP contribution is -2.56. The highest BCUT2D eigenvalue weighted by molar-refractivity contribution is 6.07. The molecular formula is C25H37N3O5. The van der Waals surface area contributed by atoms with Gasteiger partial charge in [0.15, 0.2) is 11.5 Å². The van der Waals surface area contributed by atoms with Gasteiger partial charge in [0.2, 0.25) is 0 Å². The molecule has 1 aromatic rings. The average molecular weight is 460 g/mol. The first-order chi connectivity index (χ1) is 16.0. The van der Waals surface area contributed by atoms with Gasteiger partial charge in [-0.15, -0.1) is 0 Å². The summed E-state index contributed by atoms with van der Waals surface area (Å²) >= 11 is 0. The quantitative estimate of drug-likeness (QED) is 0.572. The molecule has 0 aromatic heterocycles. The summed E-state index contributed by atoms with van der Waals surface area (Å²) in [7, 11) is 3.29. The molecule has 1 aromatic carbocycles. The van der Waals surface area contributed by atoms with Gasteiger partial charge >= 0.3 is 6.03 Å². The van der Waals surface area contributed by atoms with E-state index in [-0.39, 0.29) is 24.0 Å². The molecule has 182 valence electrons. The van der Waals surface area contributed by atoms with Crippen molar-refractivity contribution in [2.24, 2.45) is 5.92 Å². The van der Waals surface area contributed by atoms with E-state index in [0.717, 1.165) is 63.2 Å². The van der Waals surface area contributed by atoms with E-state index < -0.39 is 5.54 Å². The van der Waals surface area contributed by atoms with E-state index in [9.17, 15) is 9.59 Å². The second-order valence-corrected chi connectivity index (χ2v) is 9.44. The Morgan fingerprint density at radius 1 is 1.12 bits per heavy atom. The molecule has 3 heterocycles. The summed E-state index contributed by atoms with van der Waals surface area (Å²) in [5, 5.41) is 3.14. The summed E-state index contributed by atoms with van der Waals surface area (Å²) in [6.45, 7) is 5.76. The molecule has 2 atom stereocenters. The Labute approximate surface area is 196 Å². The second kappa shape index (κ2) is 10.3. The van der Waals surface area contributed by atoms with Gasteiger partial charge in [0, 0.05) is 13.2 Å². The van der Waals surface area contributed by atoms with Crippen LogP contribution in [0.4, 0.5) is 4.79 Å². The standard InChI is InChI=1S/C25H37N3O5/c1-4-11-25(23(29)28(24(30)26-25)17-20-6-5-14-33-20)19-9-12-27(13-10-19)16-18-7-8-21(31-2)22(15-18)32-3/h7-8,15,19-20H,4-6,9-14,16-17H2,1-3H3,(H,26,30)/t20-,25-/m1/s1. The van der Waals surface area contributed by atoms with E-state index >= 15 is 0 Å². The van der Waals surface area contributed by atoms with Gasteiger partial charge in [-0.2, -0.15) is 0 Å². The Balaban J connectivity index is 1.40. The topological polar surface area (TPSA) is 80.3 Å². The molecule has 0 saturated carbocycles. The number of imide groups is 1. The van der Waals surface area contributed by atoms with Crippen LogP contribution >= 0.6 is 0 Å². The normalized spacial score (nSPS) is 26.6. The third kappa shape index (κ3) is 4.82. The molecule has 0 radical (unpaired) electrons. The van der Waals surface area contributed by atoms with Crippen molar-refractivity contribution in [3.63, 3.8) is 0 Å². The van der Waals surface area contributed by atoms with Crippen LogP contribution in [-0.4, -0.2) is 73.8 Å². The summed E-state index contributed by atoms with van der Waals surface area (Å²) in [6.07, 6.45) is 5.17. The van der Waals surface area contributed by atoms with E-state index in [1.54, 1.807) is 14.2 Å². The van der Waals surface area contributed by atoms with Crippen molar-refractivity contribution in [1.29, 1.82) is 0 Å². The van der Waals surface area contributed by atoms with Crippen LogP contribution in [0.3, 0.4) is 0 Å². The number of methoxy groups -OCH3 is 2. The number of nitrogens with zero attached hydrogens (tertiary/aromatic N) is 2. The van der Waals surface area contributed by atoms with E-state index in [2.05, 4.69) is 23.2 Å². The minimum Gasteiger partial charge on any atom is -0.493 e. The number of carbonyl (C=O) groups is 2. The van der Waals surface area contributed by atoms with Gasteiger partial charge in [-0.05, 0) is 68.8 Å². The Kier molecular flexibility index (Phi) is 7.44. The molecule has 3 aliphatic rings. The van der Waals surface area contributed by atoms with Gasteiger partial charge in [-0.25, -0.2) is 4.79 Å². The fourth-order valence-electron chi connectivity index (χ4n) is 5.67. The van der Waals surface area contributed by atoms with Crippen molar-refractivity contribution < 1.29 is 23.8 Å². The number of urea groups is 1. The molecule has 3 amide bonds. The fraction of sp³-hybridized carbons (Fsp3) is 0.680. The molecule has 4 rings (SSSR count). The Bertz CT molecular complexity index is 848. The van der Waals surface area contributed by atoms with Crippen LogP contribution < -0.4 is 14.8 Å². The molecule has 33 heavy (non-hydrogen) atoms. The van der Waals surface area contributed by atoms with Gasteiger partial charge < -0.3 is 19.5 Å². The number of hydrogen-bond acceptors (Lipinski definition) is 6. The maximum Gasteiger partial charge on any atom is 0.325 e. The van der Waals surface area contributed by atoms with E-state index in [1.807, 2.05) is 12.1 Å². The van der Waals surface area contributed by atoms with Crippen molar-refractivity contribution in [2.45, 2.75) is 63.6 Å². The Morgan fingerprint density at radius 2 is 1.88 bits per heavy atom. The number of amides is 3. The summed E-state index contributed by atoms with van der Waals surface area (Å²) in [4.78, 5) is 30.2. The fourth-order valence-corrected chi connectivity index (χ4v) is 5.67. The first kappa shape index (κ1) is 23.8. The lowest BCUT2D eigenvalue weighted by atomic mass is 9.74.